The topological polar surface area (TPSA) is 43.1 Å². The van der Waals surface area contributed by atoms with E-state index in [-0.39, 0.29) is 5.56 Å². The molecule has 0 N–H and O–H groups in total. The molecule has 1 heterocycles. The highest BCUT2D eigenvalue weighted by molar-refractivity contribution is 5.95. The van der Waals surface area contributed by atoms with Crippen LogP contribution in [0.25, 0.3) is 21.7 Å². The average molecular weight is 253 g/mol. The van der Waals surface area contributed by atoms with Crippen molar-refractivity contribution < 1.29 is 4.42 Å². The van der Waals surface area contributed by atoms with Gasteiger partial charge in [-0.2, -0.15) is 4.98 Å². The number of nitrogens with zero attached hydrogens (tertiary/aromatic N) is 1. The Bertz CT molecular complexity index is 803. The molecular weight excluding hydrogens is 238 g/mol. The van der Waals surface area contributed by atoms with Gasteiger partial charge < -0.3 is 4.42 Å². The lowest BCUT2D eigenvalue weighted by atomic mass is 10.1. The molecule has 19 heavy (non-hydrogen) atoms. The third-order valence-electron chi connectivity index (χ3n) is 3.12. The van der Waals surface area contributed by atoms with E-state index in [9.17, 15) is 4.79 Å². The lowest BCUT2D eigenvalue weighted by Crippen LogP contribution is -2.10. The predicted octanol–water partition coefficient (Wildman–Crippen LogP) is 3.54. The summed E-state index contributed by atoms with van der Waals surface area (Å²) >= 11 is 0. The maximum Gasteiger partial charge on any atom is 0.283 e. The van der Waals surface area contributed by atoms with Crippen LogP contribution in [0, 0.1) is 5.92 Å². The molecule has 96 valence electrons. The van der Waals surface area contributed by atoms with E-state index in [0.717, 1.165) is 10.8 Å². The van der Waals surface area contributed by atoms with Gasteiger partial charge in [0.25, 0.3) is 5.56 Å². The van der Waals surface area contributed by atoms with E-state index in [4.69, 9.17) is 4.42 Å². The van der Waals surface area contributed by atoms with Gasteiger partial charge in [-0.05, 0) is 28.8 Å². The van der Waals surface area contributed by atoms with Crippen LogP contribution in [0.15, 0.2) is 45.6 Å². The van der Waals surface area contributed by atoms with Crippen molar-refractivity contribution in [2.75, 3.05) is 0 Å². The summed E-state index contributed by atoms with van der Waals surface area (Å²) in [6.07, 6.45) is 0.679. The van der Waals surface area contributed by atoms with E-state index in [1.807, 2.05) is 36.4 Å². The Hall–Kier alpha value is -2.16. The number of fused-ring (bicyclic) bond motifs is 2. The summed E-state index contributed by atoms with van der Waals surface area (Å²) in [6, 6.07) is 11.7. The zero-order chi connectivity index (χ0) is 13.4. The Morgan fingerprint density at radius 2 is 1.84 bits per heavy atom. The Balaban J connectivity index is 2.28. The molecule has 3 aromatic rings. The van der Waals surface area contributed by atoms with Crippen LogP contribution in [0.1, 0.15) is 19.7 Å². The van der Waals surface area contributed by atoms with Crippen molar-refractivity contribution in [2.24, 2.45) is 5.92 Å². The number of aromatic nitrogens is 1. The zero-order valence-electron chi connectivity index (χ0n) is 11.0. The minimum atomic E-state index is -0.206. The molecule has 0 aliphatic rings. The molecule has 1 aromatic heterocycles. The van der Waals surface area contributed by atoms with Crippen LogP contribution >= 0.6 is 0 Å². The molecule has 0 bridgehead atoms. The SMILES string of the molecule is CC(C)Cc1nc(=O)c2cc3ccccc3cc2o1. The van der Waals surface area contributed by atoms with Crippen LogP contribution < -0.4 is 5.56 Å². The predicted molar refractivity (Wildman–Crippen MR) is 76.3 cm³/mol. The molecule has 0 aliphatic heterocycles. The summed E-state index contributed by atoms with van der Waals surface area (Å²) in [5.41, 5.74) is 0.414. The van der Waals surface area contributed by atoms with Crippen molar-refractivity contribution in [1.29, 1.82) is 0 Å². The van der Waals surface area contributed by atoms with Gasteiger partial charge in [0, 0.05) is 6.42 Å². The third-order valence-corrected chi connectivity index (χ3v) is 3.12. The average Bonchev–Trinajstić information content (AvgIpc) is 2.36. The maximum atomic E-state index is 12.1. The molecule has 0 saturated heterocycles. The molecule has 3 heteroatoms. The van der Waals surface area contributed by atoms with Gasteiger partial charge in [-0.1, -0.05) is 38.1 Å². The second-order valence-corrected chi connectivity index (χ2v) is 5.21. The first-order chi connectivity index (χ1) is 9.13. The van der Waals surface area contributed by atoms with Crippen molar-refractivity contribution in [3.63, 3.8) is 0 Å². The van der Waals surface area contributed by atoms with Crippen LogP contribution in [-0.2, 0) is 6.42 Å². The van der Waals surface area contributed by atoms with Crippen molar-refractivity contribution in [3.8, 4) is 0 Å². The first-order valence-electron chi connectivity index (χ1n) is 6.46. The first kappa shape index (κ1) is 11.9. The van der Waals surface area contributed by atoms with E-state index in [2.05, 4.69) is 18.8 Å². The van der Waals surface area contributed by atoms with Crippen LogP contribution in [0.5, 0.6) is 0 Å². The van der Waals surface area contributed by atoms with Crippen molar-refractivity contribution >= 4 is 21.7 Å². The number of rotatable bonds is 2. The summed E-state index contributed by atoms with van der Waals surface area (Å²) in [5, 5.41) is 2.65. The fraction of sp³-hybridized carbons (Fsp3) is 0.250. The van der Waals surface area contributed by atoms with Crippen LogP contribution in [0.2, 0.25) is 0 Å². The highest BCUT2D eigenvalue weighted by Crippen LogP contribution is 2.21. The molecule has 0 fully saturated rings. The van der Waals surface area contributed by atoms with Crippen LogP contribution in [0.4, 0.5) is 0 Å². The Morgan fingerprint density at radius 3 is 2.53 bits per heavy atom. The van der Waals surface area contributed by atoms with Gasteiger partial charge in [0.2, 0.25) is 0 Å². The Labute approximate surface area is 110 Å². The smallest absolute Gasteiger partial charge is 0.283 e. The molecule has 0 saturated carbocycles. The highest BCUT2D eigenvalue weighted by atomic mass is 16.3. The quantitative estimate of drug-likeness (QED) is 0.656. The second-order valence-electron chi connectivity index (χ2n) is 5.21. The van der Waals surface area contributed by atoms with E-state index < -0.39 is 0 Å². The Morgan fingerprint density at radius 1 is 1.16 bits per heavy atom. The highest BCUT2D eigenvalue weighted by Gasteiger charge is 2.09. The van der Waals surface area contributed by atoms with Gasteiger partial charge >= 0.3 is 0 Å². The Kier molecular flexibility index (Phi) is 2.82. The summed E-state index contributed by atoms with van der Waals surface area (Å²) in [4.78, 5) is 16.1. The van der Waals surface area contributed by atoms with Crippen molar-refractivity contribution in [3.05, 3.63) is 52.6 Å². The first-order valence-corrected chi connectivity index (χ1v) is 6.46. The number of benzene rings is 2. The molecule has 2 aromatic carbocycles. The molecule has 0 spiro atoms. The minimum Gasteiger partial charge on any atom is -0.442 e. The summed E-state index contributed by atoms with van der Waals surface area (Å²) in [6.45, 7) is 4.15. The summed E-state index contributed by atoms with van der Waals surface area (Å²) < 4.78 is 5.75. The van der Waals surface area contributed by atoms with Gasteiger partial charge in [-0.15, -0.1) is 0 Å². The van der Waals surface area contributed by atoms with E-state index in [1.165, 1.54) is 0 Å². The lowest BCUT2D eigenvalue weighted by molar-refractivity contribution is 0.463. The number of hydrogen-bond donors (Lipinski definition) is 0. The molecular formula is C16H15NO2. The molecule has 0 aliphatic carbocycles. The number of hydrogen-bond acceptors (Lipinski definition) is 3. The molecule has 3 rings (SSSR count). The summed E-state index contributed by atoms with van der Waals surface area (Å²) in [5.74, 6) is 0.927. The molecule has 0 radical (unpaired) electrons. The maximum absolute atomic E-state index is 12.1. The van der Waals surface area contributed by atoms with Gasteiger partial charge in [0.15, 0.2) is 5.89 Å². The largest absolute Gasteiger partial charge is 0.442 e. The minimum absolute atomic E-state index is 0.206. The van der Waals surface area contributed by atoms with E-state index >= 15 is 0 Å². The van der Waals surface area contributed by atoms with E-state index in [0.29, 0.717) is 29.2 Å². The van der Waals surface area contributed by atoms with Gasteiger partial charge in [-0.3, -0.25) is 4.79 Å². The van der Waals surface area contributed by atoms with E-state index in [1.54, 1.807) is 0 Å². The van der Waals surface area contributed by atoms with Gasteiger partial charge in [-0.25, -0.2) is 0 Å². The summed E-state index contributed by atoms with van der Waals surface area (Å²) in [7, 11) is 0. The monoisotopic (exact) mass is 253 g/mol. The fourth-order valence-corrected chi connectivity index (χ4v) is 2.23. The zero-order valence-corrected chi connectivity index (χ0v) is 11.0. The fourth-order valence-electron chi connectivity index (χ4n) is 2.23. The van der Waals surface area contributed by atoms with Crippen LogP contribution in [0.3, 0.4) is 0 Å². The standard InChI is InChI=1S/C16H15NO2/c1-10(2)7-15-17-16(18)13-8-11-5-3-4-6-12(11)9-14(13)19-15/h3-6,8-10H,7H2,1-2H3. The normalized spacial score (nSPS) is 11.5. The molecule has 3 nitrogen and oxygen atoms in total. The second kappa shape index (κ2) is 4.50. The lowest BCUT2D eigenvalue weighted by Gasteiger charge is -2.05. The molecule has 0 unspecified atom stereocenters. The van der Waals surface area contributed by atoms with Crippen LogP contribution in [-0.4, -0.2) is 4.98 Å². The van der Waals surface area contributed by atoms with Gasteiger partial charge in [0.1, 0.15) is 5.58 Å². The van der Waals surface area contributed by atoms with Crippen molar-refractivity contribution in [2.45, 2.75) is 20.3 Å². The van der Waals surface area contributed by atoms with Gasteiger partial charge in [0.05, 0.1) is 5.39 Å². The van der Waals surface area contributed by atoms with Crippen molar-refractivity contribution in [1.82, 2.24) is 4.98 Å². The third kappa shape index (κ3) is 2.24. The molecule has 0 amide bonds. The molecule has 0 atom stereocenters.